The zero-order valence-electron chi connectivity index (χ0n) is 6.68. The fourth-order valence-corrected chi connectivity index (χ4v) is 1.39. The zero-order valence-corrected chi connectivity index (χ0v) is 7.43. The maximum Gasteiger partial charge on any atom is 0.0635 e. The third-order valence-corrected chi connectivity index (χ3v) is 2.70. The standard InChI is InChI=1S/C9H11ClN2/c10-7-2-1-6(5-8(7)11)9(12)3-4-9/h1-2,5H,3-4,11-12H2. The molecule has 0 aliphatic heterocycles. The minimum absolute atomic E-state index is 0.112. The van der Waals surface area contributed by atoms with Crippen LogP contribution in [0, 0.1) is 0 Å². The van der Waals surface area contributed by atoms with Crippen molar-refractivity contribution >= 4 is 17.3 Å². The second kappa shape index (κ2) is 2.38. The van der Waals surface area contributed by atoms with Gasteiger partial charge in [-0.1, -0.05) is 17.7 Å². The lowest BCUT2D eigenvalue weighted by molar-refractivity contribution is 0.740. The van der Waals surface area contributed by atoms with Crippen LogP contribution in [0.4, 0.5) is 5.69 Å². The highest BCUT2D eigenvalue weighted by atomic mass is 35.5. The topological polar surface area (TPSA) is 52.0 Å². The lowest BCUT2D eigenvalue weighted by Crippen LogP contribution is -2.18. The third kappa shape index (κ3) is 1.17. The van der Waals surface area contributed by atoms with Gasteiger partial charge in [-0.15, -0.1) is 0 Å². The average molecular weight is 183 g/mol. The Morgan fingerprint density at radius 1 is 1.33 bits per heavy atom. The summed E-state index contributed by atoms with van der Waals surface area (Å²) in [6, 6.07) is 5.63. The first kappa shape index (κ1) is 7.90. The molecule has 1 aromatic rings. The Hall–Kier alpha value is -0.730. The minimum Gasteiger partial charge on any atom is -0.398 e. The van der Waals surface area contributed by atoms with Crippen LogP contribution in [0.5, 0.6) is 0 Å². The number of hydrogen-bond acceptors (Lipinski definition) is 2. The minimum atomic E-state index is -0.112. The van der Waals surface area contributed by atoms with Crippen LogP contribution in [0.1, 0.15) is 18.4 Å². The van der Waals surface area contributed by atoms with Crippen LogP contribution >= 0.6 is 11.6 Å². The van der Waals surface area contributed by atoms with E-state index < -0.39 is 0 Å². The third-order valence-electron chi connectivity index (χ3n) is 2.36. The molecule has 1 aromatic carbocycles. The van der Waals surface area contributed by atoms with Crippen LogP contribution < -0.4 is 11.5 Å². The van der Waals surface area contributed by atoms with Crippen molar-refractivity contribution in [2.24, 2.45) is 5.73 Å². The SMILES string of the molecule is Nc1cc(C2(N)CC2)ccc1Cl. The Kier molecular flexibility index (Phi) is 1.56. The monoisotopic (exact) mass is 182 g/mol. The number of rotatable bonds is 1. The van der Waals surface area contributed by atoms with Crippen molar-refractivity contribution in [3.8, 4) is 0 Å². The van der Waals surface area contributed by atoms with E-state index in [1.807, 2.05) is 12.1 Å². The van der Waals surface area contributed by atoms with Gasteiger partial charge < -0.3 is 11.5 Å². The smallest absolute Gasteiger partial charge is 0.0635 e. The van der Waals surface area contributed by atoms with Gasteiger partial charge in [0.05, 0.1) is 10.7 Å². The summed E-state index contributed by atoms with van der Waals surface area (Å²) in [5.41, 5.74) is 13.3. The lowest BCUT2D eigenvalue weighted by Gasteiger charge is -2.09. The second-order valence-corrected chi connectivity index (χ2v) is 3.80. The molecular formula is C9H11ClN2. The van der Waals surface area contributed by atoms with Gasteiger partial charge in [0, 0.05) is 5.54 Å². The van der Waals surface area contributed by atoms with E-state index in [2.05, 4.69) is 0 Å². The van der Waals surface area contributed by atoms with Crippen LogP contribution in [0.2, 0.25) is 5.02 Å². The molecule has 0 bridgehead atoms. The summed E-state index contributed by atoms with van der Waals surface area (Å²) in [4.78, 5) is 0. The first-order valence-electron chi connectivity index (χ1n) is 3.96. The molecular weight excluding hydrogens is 172 g/mol. The van der Waals surface area contributed by atoms with Gasteiger partial charge in [-0.05, 0) is 30.5 Å². The number of benzene rings is 1. The molecule has 0 unspecified atom stereocenters. The van der Waals surface area contributed by atoms with Crippen LogP contribution in [0.15, 0.2) is 18.2 Å². The number of halogens is 1. The molecule has 2 rings (SSSR count). The van der Waals surface area contributed by atoms with E-state index in [4.69, 9.17) is 23.1 Å². The molecule has 4 N–H and O–H groups in total. The summed E-state index contributed by atoms with van der Waals surface area (Å²) >= 11 is 5.79. The number of nitrogens with two attached hydrogens (primary N) is 2. The maximum absolute atomic E-state index is 5.99. The van der Waals surface area contributed by atoms with Crippen molar-refractivity contribution in [1.82, 2.24) is 0 Å². The number of anilines is 1. The van der Waals surface area contributed by atoms with E-state index in [-0.39, 0.29) is 5.54 Å². The fraction of sp³-hybridized carbons (Fsp3) is 0.333. The summed E-state index contributed by atoms with van der Waals surface area (Å²) in [6.07, 6.45) is 2.10. The summed E-state index contributed by atoms with van der Waals surface area (Å²) in [5, 5.41) is 0.600. The Morgan fingerprint density at radius 3 is 2.50 bits per heavy atom. The Morgan fingerprint density at radius 2 is 2.00 bits per heavy atom. The Bertz CT molecular complexity index is 318. The van der Waals surface area contributed by atoms with E-state index >= 15 is 0 Å². The highest BCUT2D eigenvalue weighted by molar-refractivity contribution is 6.33. The molecule has 12 heavy (non-hydrogen) atoms. The first-order valence-corrected chi connectivity index (χ1v) is 4.34. The molecule has 0 heterocycles. The van der Waals surface area contributed by atoms with Gasteiger partial charge in [-0.25, -0.2) is 0 Å². The Labute approximate surface area is 76.5 Å². The fourth-order valence-electron chi connectivity index (χ4n) is 1.28. The van der Waals surface area contributed by atoms with E-state index in [1.165, 1.54) is 0 Å². The summed E-state index contributed by atoms with van der Waals surface area (Å²) < 4.78 is 0. The van der Waals surface area contributed by atoms with Gasteiger partial charge in [0.2, 0.25) is 0 Å². The zero-order chi connectivity index (χ0) is 8.77. The molecule has 3 heteroatoms. The van der Waals surface area contributed by atoms with E-state index in [0.717, 1.165) is 18.4 Å². The molecule has 2 nitrogen and oxygen atoms in total. The quantitative estimate of drug-likeness (QED) is 0.652. The molecule has 1 saturated carbocycles. The average Bonchev–Trinajstić information content (AvgIpc) is 2.75. The van der Waals surface area contributed by atoms with Crippen LogP contribution in [0.25, 0.3) is 0 Å². The van der Waals surface area contributed by atoms with Gasteiger partial charge in [0.15, 0.2) is 0 Å². The van der Waals surface area contributed by atoms with Crippen molar-refractivity contribution in [2.45, 2.75) is 18.4 Å². The van der Waals surface area contributed by atoms with Gasteiger partial charge in [-0.2, -0.15) is 0 Å². The maximum atomic E-state index is 5.99. The molecule has 1 aliphatic carbocycles. The molecule has 0 spiro atoms. The molecule has 1 aliphatic rings. The molecule has 0 radical (unpaired) electrons. The normalized spacial score (nSPS) is 19.2. The Balaban J connectivity index is 2.41. The van der Waals surface area contributed by atoms with Crippen LogP contribution in [-0.2, 0) is 5.54 Å². The van der Waals surface area contributed by atoms with Gasteiger partial charge >= 0.3 is 0 Å². The van der Waals surface area contributed by atoms with Crippen molar-refractivity contribution in [1.29, 1.82) is 0 Å². The largest absolute Gasteiger partial charge is 0.398 e. The predicted molar refractivity (Wildman–Crippen MR) is 51.0 cm³/mol. The van der Waals surface area contributed by atoms with Gasteiger partial charge in [0.25, 0.3) is 0 Å². The summed E-state index contributed by atoms with van der Waals surface area (Å²) in [5.74, 6) is 0. The van der Waals surface area contributed by atoms with Crippen LogP contribution in [0.3, 0.4) is 0 Å². The molecule has 0 saturated heterocycles. The van der Waals surface area contributed by atoms with Gasteiger partial charge in [-0.3, -0.25) is 0 Å². The van der Waals surface area contributed by atoms with Crippen molar-refractivity contribution in [3.63, 3.8) is 0 Å². The van der Waals surface area contributed by atoms with Crippen molar-refractivity contribution in [2.75, 3.05) is 5.73 Å². The van der Waals surface area contributed by atoms with Crippen molar-refractivity contribution < 1.29 is 0 Å². The van der Waals surface area contributed by atoms with Gasteiger partial charge in [0.1, 0.15) is 0 Å². The summed E-state index contributed by atoms with van der Waals surface area (Å²) in [7, 11) is 0. The molecule has 1 fully saturated rings. The highest BCUT2D eigenvalue weighted by Gasteiger charge is 2.39. The van der Waals surface area contributed by atoms with E-state index in [9.17, 15) is 0 Å². The highest BCUT2D eigenvalue weighted by Crippen LogP contribution is 2.43. The lowest BCUT2D eigenvalue weighted by atomic mass is 10.1. The predicted octanol–water partition coefficient (Wildman–Crippen LogP) is 1.87. The molecule has 0 amide bonds. The number of hydrogen-bond donors (Lipinski definition) is 2. The van der Waals surface area contributed by atoms with Crippen LogP contribution in [-0.4, -0.2) is 0 Å². The van der Waals surface area contributed by atoms with Crippen molar-refractivity contribution in [3.05, 3.63) is 28.8 Å². The van der Waals surface area contributed by atoms with E-state index in [1.54, 1.807) is 6.07 Å². The molecule has 0 aromatic heterocycles. The molecule has 0 atom stereocenters. The first-order chi connectivity index (χ1) is 5.62. The number of nitrogen functional groups attached to an aromatic ring is 1. The van der Waals surface area contributed by atoms with E-state index in [0.29, 0.717) is 10.7 Å². The second-order valence-electron chi connectivity index (χ2n) is 3.39. The molecule has 64 valence electrons. The summed E-state index contributed by atoms with van der Waals surface area (Å²) in [6.45, 7) is 0.